The van der Waals surface area contributed by atoms with E-state index in [9.17, 15) is 27.2 Å². The van der Waals surface area contributed by atoms with Crippen molar-refractivity contribution in [2.75, 3.05) is 16.0 Å². The third-order valence-corrected chi connectivity index (χ3v) is 6.09. The molecule has 1 unspecified atom stereocenters. The van der Waals surface area contributed by atoms with Gasteiger partial charge >= 0.3 is 6.18 Å². The van der Waals surface area contributed by atoms with Gasteiger partial charge in [-0.25, -0.2) is 4.39 Å². The Morgan fingerprint density at radius 2 is 1.69 bits per heavy atom. The van der Waals surface area contributed by atoms with Gasteiger partial charge in [0.25, 0.3) is 5.91 Å². The molecule has 32 heavy (non-hydrogen) atoms. The average Bonchev–Trinajstić information content (AvgIpc) is 3.16. The molecule has 4 rings (SSSR count). The first-order valence-corrected chi connectivity index (χ1v) is 10.5. The van der Waals surface area contributed by atoms with Crippen molar-refractivity contribution in [2.24, 2.45) is 0 Å². The Kier molecular flexibility index (Phi) is 5.92. The molecule has 9 heteroatoms. The number of anilines is 2. The summed E-state index contributed by atoms with van der Waals surface area (Å²) >= 11 is 1.42. The summed E-state index contributed by atoms with van der Waals surface area (Å²) in [6.45, 7) is 0. The van der Waals surface area contributed by atoms with E-state index in [1.807, 2.05) is 0 Å². The number of hydrogen-bond donors (Lipinski definition) is 1. The number of carbonyl (C=O) groups excluding carboxylic acids is 2. The summed E-state index contributed by atoms with van der Waals surface area (Å²) in [4.78, 5) is 26.3. The molecule has 1 heterocycles. The third kappa shape index (κ3) is 4.62. The maximum Gasteiger partial charge on any atom is 0.416 e. The van der Waals surface area contributed by atoms with Crippen LogP contribution in [0.2, 0.25) is 0 Å². The van der Waals surface area contributed by atoms with E-state index in [1.54, 1.807) is 29.2 Å². The third-order valence-electron chi connectivity index (χ3n) is 4.88. The number of nitrogens with one attached hydrogen (secondary N) is 1. The van der Waals surface area contributed by atoms with Crippen molar-refractivity contribution in [3.8, 4) is 0 Å². The molecule has 1 N–H and O–H groups in total. The van der Waals surface area contributed by atoms with Gasteiger partial charge in [0.05, 0.1) is 11.3 Å². The summed E-state index contributed by atoms with van der Waals surface area (Å²) in [6.07, 6.45) is -4.54. The molecule has 1 aliphatic rings. The van der Waals surface area contributed by atoms with Crippen molar-refractivity contribution in [1.82, 2.24) is 0 Å². The van der Waals surface area contributed by atoms with Gasteiger partial charge in [0.1, 0.15) is 11.2 Å². The predicted octanol–water partition coefficient (Wildman–Crippen LogP) is 5.88. The summed E-state index contributed by atoms with van der Waals surface area (Å²) in [6, 6.07) is 16.5. The largest absolute Gasteiger partial charge is 0.416 e. The second-order valence-corrected chi connectivity index (χ2v) is 8.13. The number of amides is 2. The summed E-state index contributed by atoms with van der Waals surface area (Å²) in [5.41, 5.74) is 0.766. The van der Waals surface area contributed by atoms with Crippen LogP contribution in [0.1, 0.15) is 26.9 Å². The fraction of sp³-hybridized carbons (Fsp3) is 0.130. The Hall–Kier alpha value is -3.33. The maximum atomic E-state index is 13.2. The van der Waals surface area contributed by atoms with Gasteiger partial charge in [-0.15, -0.1) is 11.8 Å². The summed E-state index contributed by atoms with van der Waals surface area (Å²) in [7, 11) is 0. The summed E-state index contributed by atoms with van der Waals surface area (Å²) in [5, 5.41) is 2.26. The molecule has 0 saturated carbocycles. The lowest BCUT2D eigenvalue weighted by molar-refractivity contribution is -0.137. The highest BCUT2D eigenvalue weighted by Crippen LogP contribution is 2.42. The highest BCUT2D eigenvalue weighted by Gasteiger charge is 2.34. The van der Waals surface area contributed by atoms with Crippen LogP contribution in [0.15, 0.2) is 72.8 Å². The van der Waals surface area contributed by atoms with E-state index in [-0.39, 0.29) is 22.6 Å². The Morgan fingerprint density at radius 3 is 2.34 bits per heavy atom. The molecule has 164 valence electrons. The molecule has 1 fully saturated rings. The highest BCUT2D eigenvalue weighted by atomic mass is 32.2. The summed E-state index contributed by atoms with van der Waals surface area (Å²) < 4.78 is 51.9. The van der Waals surface area contributed by atoms with Crippen LogP contribution in [0.25, 0.3) is 0 Å². The Bertz CT molecular complexity index is 1150. The van der Waals surface area contributed by atoms with Gasteiger partial charge in [-0.1, -0.05) is 18.2 Å². The van der Waals surface area contributed by atoms with Crippen LogP contribution in [0.3, 0.4) is 0 Å². The van der Waals surface area contributed by atoms with Gasteiger partial charge in [0.2, 0.25) is 5.91 Å². The Balaban J connectivity index is 1.50. The van der Waals surface area contributed by atoms with Crippen molar-refractivity contribution in [3.63, 3.8) is 0 Å². The average molecular weight is 460 g/mol. The fourth-order valence-electron chi connectivity index (χ4n) is 3.32. The molecule has 0 aliphatic carbocycles. The number of alkyl halides is 3. The molecule has 3 aromatic rings. The number of carbonyl (C=O) groups is 2. The molecule has 2 amide bonds. The lowest BCUT2D eigenvalue weighted by Gasteiger charge is -2.24. The number of halogens is 4. The molecule has 0 aromatic heterocycles. The smallest absolute Gasteiger partial charge is 0.322 e. The first-order valence-electron chi connectivity index (χ1n) is 9.50. The fourth-order valence-corrected chi connectivity index (χ4v) is 4.50. The molecule has 4 nitrogen and oxygen atoms in total. The van der Waals surface area contributed by atoms with Crippen LogP contribution in [-0.4, -0.2) is 17.6 Å². The van der Waals surface area contributed by atoms with E-state index in [0.717, 1.165) is 17.7 Å². The van der Waals surface area contributed by atoms with Crippen molar-refractivity contribution >= 4 is 35.0 Å². The Morgan fingerprint density at radius 1 is 1.00 bits per heavy atom. The molecule has 0 bridgehead atoms. The molecule has 3 aromatic carbocycles. The highest BCUT2D eigenvalue weighted by molar-refractivity contribution is 8.00. The number of thioether (sulfide) groups is 1. The lowest BCUT2D eigenvalue weighted by atomic mass is 10.1. The number of benzene rings is 3. The first-order chi connectivity index (χ1) is 15.2. The molecule has 1 atom stereocenters. The van der Waals surface area contributed by atoms with Crippen LogP contribution < -0.4 is 10.2 Å². The van der Waals surface area contributed by atoms with E-state index in [2.05, 4.69) is 5.32 Å². The van der Waals surface area contributed by atoms with Crippen LogP contribution in [0.5, 0.6) is 0 Å². The minimum absolute atomic E-state index is 0.103. The Labute approximate surface area is 185 Å². The topological polar surface area (TPSA) is 49.4 Å². The number of hydrogen-bond acceptors (Lipinski definition) is 3. The second kappa shape index (κ2) is 8.66. The monoisotopic (exact) mass is 460 g/mol. The van der Waals surface area contributed by atoms with E-state index < -0.39 is 23.5 Å². The van der Waals surface area contributed by atoms with E-state index in [4.69, 9.17) is 0 Å². The first kappa shape index (κ1) is 21.9. The molecular weight excluding hydrogens is 444 g/mol. The van der Waals surface area contributed by atoms with Crippen LogP contribution in [-0.2, 0) is 11.0 Å². The molecule has 1 aliphatic heterocycles. The van der Waals surface area contributed by atoms with Crippen molar-refractivity contribution in [1.29, 1.82) is 0 Å². The van der Waals surface area contributed by atoms with E-state index in [0.29, 0.717) is 11.4 Å². The van der Waals surface area contributed by atoms with Crippen molar-refractivity contribution in [3.05, 3.63) is 95.3 Å². The van der Waals surface area contributed by atoms with Crippen LogP contribution >= 0.6 is 11.8 Å². The van der Waals surface area contributed by atoms with E-state index in [1.165, 1.54) is 48.2 Å². The van der Waals surface area contributed by atoms with Gasteiger partial charge < -0.3 is 5.32 Å². The maximum absolute atomic E-state index is 13.2. The van der Waals surface area contributed by atoms with Gasteiger partial charge in [-0.2, -0.15) is 13.2 Å². The number of nitrogens with zero attached hydrogens (tertiary/aromatic N) is 1. The van der Waals surface area contributed by atoms with E-state index >= 15 is 0 Å². The standard InChI is InChI=1S/C23H16F4N2O2S/c24-17-6-10-19(11-7-17)29-20(30)13-32-22(29)14-4-8-18(9-5-14)28-21(31)15-2-1-3-16(12-15)23(25,26)27/h1-12,22H,13H2,(H,28,31). The minimum Gasteiger partial charge on any atom is -0.322 e. The molecular formula is C23H16F4N2O2S. The van der Waals surface area contributed by atoms with Crippen molar-refractivity contribution in [2.45, 2.75) is 11.6 Å². The second-order valence-electron chi connectivity index (χ2n) is 7.06. The molecule has 0 radical (unpaired) electrons. The predicted molar refractivity (Wildman–Crippen MR) is 115 cm³/mol. The summed E-state index contributed by atoms with van der Waals surface area (Å²) in [5.74, 6) is -0.892. The van der Waals surface area contributed by atoms with Gasteiger partial charge in [-0.05, 0) is 60.2 Å². The zero-order valence-corrected chi connectivity index (χ0v) is 17.2. The van der Waals surface area contributed by atoms with Crippen LogP contribution in [0.4, 0.5) is 28.9 Å². The quantitative estimate of drug-likeness (QED) is 0.495. The zero-order chi connectivity index (χ0) is 22.9. The van der Waals surface area contributed by atoms with Crippen molar-refractivity contribution < 1.29 is 27.2 Å². The number of rotatable bonds is 4. The normalized spacial score (nSPS) is 16.3. The SMILES string of the molecule is O=C(Nc1ccc(C2SCC(=O)N2c2ccc(F)cc2)cc1)c1cccc(C(F)(F)F)c1. The lowest BCUT2D eigenvalue weighted by Crippen LogP contribution is -2.27. The van der Waals surface area contributed by atoms with Crippen LogP contribution in [0, 0.1) is 5.82 Å². The minimum atomic E-state index is -4.54. The molecule has 0 spiro atoms. The van der Waals surface area contributed by atoms with Gasteiger partial charge in [0, 0.05) is 16.9 Å². The molecule has 1 saturated heterocycles. The zero-order valence-electron chi connectivity index (χ0n) is 16.4. The van der Waals surface area contributed by atoms with Gasteiger partial charge in [0.15, 0.2) is 0 Å². The van der Waals surface area contributed by atoms with Gasteiger partial charge in [-0.3, -0.25) is 14.5 Å².